The number of aromatic nitrogens is 3. The van der Waals surface area contributed by atoms with Gasteiger partial charge in [0, 0.05) is 48.4 Å². The number of aliphatic imine (C=N–C) groups is 1. The number of anilines is 2. The lowest BCUT2D eigenvalue weighted by atomic mass is 10.0. The molecule has 9 nitrogen and oxygen atoms in total. The summed E-state index contributed by atoms with van der Waals surface area (Å²) < 4.78 is 50.0. The number of nitrogens with one attached hydrogen (secondary N) is 1. The molecule has 3 heterocycles. The van der Waals surface area contributed by atoms with E-state index < -0.39 is 17.8 Å². The average molecular weight is 621 g/mol. The molecular weight excluding hydrogens is 585 g/mol. The summed E-state index contributed by atoms with van der Waals surface area (Å²) in [6.07, 6.45) is 4.20. The van der Waals surface area contributed by atoms with Gasteiger partial charge in [0.15, 0.2) is 24.0 Å². The predicted molar refractivity (Wildman–Crippen MR) is 166 cm³/mol. The SMILES string of the molecule is CCOc1cc(F)c(CC)c(F)c1.CN=C(c1ncc(OCC(=O)N2CC(F)C2)c(Nc2ccncc2)n1)c1ccccc1C. The van der Waals surface area contributed by atoms with Gasteiger partial charge in [0.25, 0.3) is 5.91 Å². The van der Waals surface area contributed by atoms with Gasteiger partial charge in [-0.2, -0.15) is 0 Å². The third-order valence-electron chi connectivity index (χ3n) is 6.85. The number of halogens is 3. The largest absolute Gasteiger partial charge is 0.494 e. The summed E-state index contributed by atoms with van der Waals surface area (Å²) in [5.41, 5.74) is 3.47. The Balaban J connectivity index is 0.000000297. The van der Waals surface area contributed by atoms with Crippen molar-refractivity contribution in [3.05, 3.63) is 101 Å². The summed E-state index contributed by atoms with van der Waals surface area (Å²) in [6, 6.07) is 13.9. The highest BCUT2D eigenvalue weighted by molar-refractivity contribution is 6.11. The molecule has 4 aromatic rings. The van der Waals surface area contributed by atoms with Gasteiger partial charge in [-0.3, -0.25) is 14.8 Å². The minimum Gasteiger partial charge on any atom is -0.494 e. The Bertz CT molecular complexity index is 1610. The van der Waals surface area contributed by atoms with E-state index in [-0.39, 0.29) is 36.9 Å². The number of ether oxygens (including phenoxy) is 2. The fourth-order valence-electron chi connectivity index (χ4n) is 4.46. The van der Waals surface area contributed by atoms with Gasteiger partial charge in [0.1, 0.15) is 29.3 Å². The van der Waals surface area contributed by atoms with Gasteiger partial charge in [-0.15, -0.1) is 0 Å². The lowest BCUT2D eigenvalue weighted by Crippen LogP contribution is -2.52. The zero-order chi connectivity index (χ0) is 32.3. The van der Waals surface area contributed by atoms with Gasteiger partial charge in [-0.05, 0) is 38.0 Å². The van der Waals surface area contributed by atoms with Crippen LogP contribution in [0.25, 0.3) is 0 Å². The van der Waals surface area contributed by atoms with Crippen molar-refractivity contribution in [2.75, 3.05) is 38.7 Å². The monoisotopic (exact) mass is 620 g/mol. The number of hydrogen-bond donors (Lipinski definition) is 1. The van der Waals surface area contributed by atoms with E-state index in [2.05, 4.69) is 25.3 Å². The molecule has 0 saturated carbocycles. The molecule has 45 heavy (non-hydrogen) atoms. The molecule has 0 radical (unpaired) electrons. The minimum absolute atomic E-state index is 0.104. The van der Waals surface area contributed by atoms with Crippen molar-refractivity contribution in [3.8, 4) is 11.5 Å². The predicted octanol–water partition coefficient (Wildman–Crippen LogP) is 5.88. The number of benzene rings is 2. The van der Waals surface area contributed by atoms with Crippen LogP contribution in [0.1, 0.15) is 36.4 Å². The lowest BCUT2D eigenvalue weighted by molar-refractivity contribution is -0.140. The highest BCUT2D eigenvalue weighted by Crippen LogP contribution is 2.26. The average Bonchev–Trinajstić information content (AvgIpc) is 3.01. The second kappa shape index (κ2) is 15.6. The molecule has 2 aromatic heterocycles. The number of pyridine rings is 1. The van der Waals surface area contributed by atoms with Crippen molar-refractivity contribution >= 4 is 23.1 Å². The summed E-state index contributed by atoms with van der Waals surface area (Å²) in [4.78, 5) is 31.1. The molecule has 5 rings (SSSR count). The van der Waals surface area contributed by atoms with Crippen molar-refractivity contribution in [1.82, 2.24) is 19.9 Å². The van der Waals surface area contributed by atoms with Crippen molar-refractivity contribution in [1.29, 1.82) is 0 Å². The number of alkyl halides is 1. The first-order valence-corrected chi connectivity index (χ1v) is 14.5. The van der Waals surface area contributed by atoms with Gasteiger partial charge in [-0.25, -0.2) is 23.1 Å². The number of amides is 1. The molecule has 1 aliphatic heterocycles. The van der Waals surface area contributed by atoms with Crippen LogP contribution in [0, 0.1) is 18.6 Å². The molecule has 236 valence electrons. The maximum absolute atomic E-state index is 13.1. The number of hydrogen-bond acceptors (Lipinski definition) is 8. The summed E-state index contributed by atoms with van der Waals surface area (Å²) in [5.74, 6) is -0.00705. The van der Waals surface area contributed by atoms with Crippen LogP contribution in [0.4, 0.5) is 24.7 Å². The quantitative estimate of drug-likeness (QED) is 0.221. The Hall–Kier alpha value is -5.00. The molecule has 1 fully saturated rings. The van der Waals surface area contributed by atoms with Crippen LogP contribution in [0.3, 0.4) is 0 Å². The Morgan fingerprint density at radius 1 is 1.07 bits per heavy atom. The topological polar surface area (TPSA) is 102 Å². The molecule has 1 aliphatic rings. The van der Waals surface area contributed by atoms with Crippen LogP contribution in [-0.4, -0.2) is 71.0 Å². The molecule has 0 unspecified atom stereocenters. The van der Waals surface area contributed by atoms with Gasteiger partial charge in [0.05, 0.1) is 25.9 Å². The third-order valence-corrected chi connectivity index (χ3v) is 6.85. The zero-order valence-electron chi connectivity index (χ0n) is 25.6. The van der Waals surface area contributed by atoms with Crippen LogP contribution in [0.5, 0.6) is 11.5 Å². The second-order valence-corrected chi connectivity index (χ2v) is 9.99. The van der Waals surface area contributed by atoms with E-state index >= 15 is 0 Å². The molecule has 0 atom stereocenters. The Morgan fingerprint density at radius 3 is 2.36 bits per heavy atom. The number of likely N-dealkylation sites (tertiary alicyclic amines) is 1. The molecule has 0 aliphatic carbocycles. The normalized spacial score (nSPS) is 13.0. The number of carbonyl (C=O) groups excluding carboxylic acids is 1. The van der Waals surface area contributed by atoms with E-state index in [1.165, 1.54) is 23.2 Å². The van der Waals surface area contributed by atoms with Crippen LogP contribution in [0.2, 0.25) is 0 Å². The molecule has 12 heteroatoms. The fourth-order valence-corrected chi connectivity index (χ4v) is 4.46. The van der Waals surface area contributed by atoms with E-state index in [1.54, 1.807) is 45.4 Å². The summed E-state index contributed by atoms with van der Waals surface area (Å²) >= 11 is 0. The highest BCUT2D eigenvalue weighted by atomic mass is 19.1. The van der Waals surface area contributed by atoms with Crippen molar-refractivity contribution in [2.24, 2.45) is 4.99 Å². The lowest BCUT2D eigenvalue weighted by Gasteiger charge is -2.34. The van der Waals surface area contributed by atoms with Crippen molar-refractivity contribution in [3.63, 3.8) is 0 Å². The van der Waals surface area contributed by atoms with E-state index in [9.17, 15) is 18.0 Å². The van der Waals surface area contributed by atoms with Crippen LogP contribution < -0.4 is 14.8 Å². The molecule has 1 N–H and O–H groups in total. The first-order valence-electron chi connectivity index (χ1n) is 14.5. The van der Waals surface area contributed by atoms with E-state index in [0.717, 1.165) is 16.8 Å². The summed E-state index contributed by atoms with van der Waals surface area (Å²) in [6.45, 7) is 5.86. The molecule has 0 spiro atoms. The minimum atomic E-state index is -0.960. The molecule has 1 amide bonds. The first-order chi connectivity index (χ1) is 21.7. The maximum Gasteiger partial charge on any atom is 0.260 e. The van der Waals surface area contributed by atoms with Crippen molar-refractivity contribution in [2.45, 2.75) is 33.4 Å². The fraction of sp³-hybridized carbons (Fsp3) is 0.303. The van der Waals surface area contributed by atoms with Gasteiger partial charge < -0.3 is 19.7 Å². The van der Waals surface area contributed by atoms with Crippen LogP contribution >= 0.6 is 0 Å². The second-order valence-electron chi connectivity index (χ2n) is 9.99. The van der Waals surface area contributed by atoms with E-state index in [4.69, 9.17) is 9.47 Å². The van der Waals surface area contributed by atoms with Gasteiger partial charge in [0.2, 0.25) is 0 Å². The molecule has 1 saturated heterocycles. The van der Waals surface area contributed by atoms with E-state index in [1.807, 2.05) is 31.2 Å². The van der Waals surface area contributed by atoms with Crippen LogP contribution in [-0.2, 0) is 11.2 Å². The number of carbonyl (C=O) groups is 1. The Kier molecular flexibility index (Phi) is 11.4. The first kappa shape index (κ1) is 32.9. The molecule has 2 aromatic carbocycles. The summed E-state index contributed by atoms with van der Waals surface area (Å²) in [7, 11) is 1.69. The third kappa shape index (κ3) is 8.55. The van der Waals surface area contributed by atoms with Crippen LogP contribution in [0.15, 0.2) is 72.1 Å². The molecule has 0 bridgehead atoms. The molecular formula is C33H35F3N6O3. The van der Waals surface area contributed by atoms with Gasteiger partial charge in [-0.1, -0.05) is 31.2 Å². The highest BCUT2D eigenvalue weighted by Gasteiger charge is 2.30. The smallest absolute Gasteiger partial charge is 0.260 e. The van der Waals surface area contributed by atoms with E-state index in [0.29, 0.717) is 36.1 Å². The number of aryl methyl sites for hydroxylation is 1. The summed E-state index contributed by atoms with van der Waals surface area (Å²) in [5, 5.41) is 3.19. The zero-order valence-corrected chi connectivity index (χ0v) is 25.6. The standard InChI is InChI=1S/C23H23FN6O2.C10H12F2O/c1-15-5-3-4-6-18(15)21(25-2)23-27-11-19(32-14-20(31)30-12-16(24)13-30)22(29-23)28-17-7-9-26-10-8-17;1-3-8-9(11)5-7(13-4-2)6-10(8)12/h3-11,16H,12-14H2,1-2H3,(H,26,27,28,29);5-6H,3-4H2,1-2H3. The Labute approximate surface area is 260 Å². The number of nitrogens with zero attached hydrogens (tertiary/aromatic N) is 5. The Morgan fingerprint density at radius 2 is 1.76 bits per heavy atom. The number of rotatable bonds is 10. The van der Waals surface area contributed by atoms with Gasteiger partial charge >= 0.3 is 0 Å². The van der Waals surface area contributed by atoms with Crippen molar-refractivity contribution < 1.29 is 27.4 Å². The maximum atomic E-state index is 13.1.